The minimum absolute atomic E-state index is 0.0368. The van der Waals surface area contributed by atoms with E-state index >= 15 is 0 Å². The van der Waals surface area contributed by atoms with Crippen LogP contribution in [0.2, 0.25) is 0 Å². The van der Waals surface area contributed by atoms with Crippen LogP contribution in [0.4, 0.5) is 5.13 Å². The zero-order valence-electron chi connectivity index (χ0n) is 9.91. The molecule has 1 atom stereocenters. The van der Waals surface area contributed by atoms with Gasteiger partial charge in [0.05, 0.1) is 5.25 Å². The van der Waals surface area contributed by atoms with Gasteiger partial charge in [-0.25, -0.2) is 4.98 Å². The van der Waals surface area contributed by atoms with Gasteiger partial charge in [0.15, 0.2) is 9.47 Å². The van der Waals surface area contributed by atoms with Crippen molar-refractivity contribution in [3.8, 4) is 0 Å². The van der Waals surface area contributed by atoms with E-state index in [0.29, 0.717) is 5.13 Å². The third-order valence-electron chi connectivity index (χ3n) is 2.08. The maximum absolute atomic E-state index is 12.0. The van der Waals surface area contributed by atoms with Gasteiger partial charge in [0.2, 0.25) is 5.91 Å². The molecule has 0 aromatic carbocycles. The third kappa shape index (κ3) is 3.50. The van der Waals surface area contributed by atoms with E-state index in [2.05, 4.69) is 20.5 Å². The molecule has 1 amide bonds. The van der Waals surface area contributed by atoms with Crippen molar-refractivity contribution < 1.29 is 4.79 Å². The summed E-state index contributed by atoms with van der Waals surface area (Å²) in [6.07, 6.45) is 2.41. The molecule has 0 bridgehead atoms. The molecule has 2 heterocycles. The quantitative estimate of drug-likeness (QED) is 0.860. The fourth-order valence-corrected chi connectivity index (χ4v) is 3.76. The van der Waals surface area contributed by atoms with Gasteiger partial charge < -0.3 is 5.32 Å². The summed E-state index contributed by atoms with van der Waals surface area (Å²) in [4.78, 5) is 16.1. The predicted molar refractivity (Wildman–Crippen MR) is 75.3 cm³/mol. The number of nitrogens with one attached hydrogen (secondary N) is 1. The van der Waals surface area contributed by atoms with Crippen molar-refractivity contribution >= 4 is 45.5 Å². The SMILES string of the molecule is CC[C@@H](Sc1nnc(C)s1)C(=O)Nc1nccs1. The fraction of sp³-hybridized carbons (Fsp3) is 0.400. The second-order valence-corrected chi connectivity index (χ2v) is 6.95. The number of amides is 1. The molecular formula is C10H12N4OS3. The van der Waals surface area contributed by atoms with Crippen LogP contribution in [0.3, 0.4) is 0 Å². The first kappa shape index (κ1) is 13.4. The van der Waals surface area contributed by atoms with Crippen LogP contribution >= 0.6 is 34.4 Å². The average molecular weight is 300 g/mol. The molecular weight excluding hydrogens is 288 g/mol. The van der Waals surface area contributed by atoms with E-state index in [1.807, 2.05) is 19.2 Å². The molecule has 0 unspecified atom stereocenters. The lowest BCUT2D eigenvalue weighted by Crippen LogP contribution is -2.24. The molecule has 96 valence electrons. The van der Waals surface area contributed by atoms with Crippen molar-refractivity contribution in [3.63, 3.8) is 0 Å². The molecule has 0 saturated carbocycles. The summed E-state index contributed by atoms with van der Waals surface area (Å²) >= 11 is 4.37. The number of anilines is 1. The topological polar surface area (TPSA) is 67.8 Å². The van der Waals surface area contributed by atoms with E-state index in [9.17, 15) is 4.79 Å². The Balaban J connectivity index is 1.97. The van der Waals surface area contributed by atoms with E-state index in [0.717, 1.165) is 15.8 Å². The summed E-state index contributed by atoms with van der Waals surface area (Å²) in [7, 11) is 0. The molecule has 0 aliphatic rings. The summed E-state index contributed by atoms with van der Waals surface area (Å²) in [6.45, 7) is 3.88. The Bertz CT molecular complexity index is 511. The molecule has 1 N–H and O–H groups in total. The largest absolute Gasteiger partial charge is 0.301 e. The molecule has 18 heavy (non-hydrogen) atoms. The molecule has 0 aliphatic heterocycles. The van der Waals surface area contributed by atoms with E-state index < -0.39 is 0 Å². The maximum Gasteiger partial charge on any atom is 0.239 e. The second kappa shape index (κ2) is 6.26. The van der Waals surface area contributed by atoms with Gasteiger partial charge in [-0.05, 0) is 13.3 Å². The number of hydrogen-bond acceptors (Lipinski definition) is 7. The molecule has 5 nitrogen and oxygen atoms in total. The van der Waals surface area contributed by atoms with Gasteiger partial charge in [-0.3, -0.25) is 4.79 Å². The van der Waals surface area contributed by atoms with E-state index in [1.165, 1.54) is 34.4 Å². The molecule has 2 aromatic rings. The van der Waals surface area contributed by atoms with Gasteiger partial charge in [-0.15, -0.1) is 21.5 Å². The van der Waals surface area contributed by atoms with Crippen LogP contribution in [-0.2, 0) is 4.79 Å². The Labute approximate surface area is 117 Å². The number of aromatic nitrogens is 3. The second-order valence-electron chi connectivity index (χ2n) is 3.43. The standard InChI is InChI=1S/C10H12N4OS3/c1-3-7(18-10-14-13-6(2)17-10)8(15)12-9-11-4-5-16-9/h4-5,7H,3H2,1-2H3,(H,11,12,15)/t7-/m1/s1. The predicted octanol–water partition coefficient (Wildman–Crippen LogP) is 2.81. The van der Waals surface area contributed by atoms with Gasteiger partial charge in [-0.2, -0.15) is 0 Å². The summed E-state index contributed by atoms with van der Waals surface area (Å²) in [6, 6.07) is 0. The number of rotatable bonds is 5. The Morgan fingerprint density at radius 1 is 1.56 bits per heavy atom. The van der Waals surface area contributed by atoms with Crippen LogP contribution in [-0.4, -0.2) is 26.3 Å². The number of hydrogen-bond donors (Lipinski definition) is 1. The zero-order valence-corrected chi connectivity index (χ0v) is 12.4. The van der Waals surface area contributed by atoms with Crippen molar-refractivity contribution in [3.05, 3.63) is 16.6 Å². The Morgan fingerprint density at radius 2 is 2.39 bits per heavy atom. The molecule has 2 rings (SSSR count). The maximum atomic E-state index is 12.0. The molecule has 8 heteroatoms. The smallest absolute Gasteiger partial charge is 0.239 e. The first-order valence-electron chi connectivity index (χ1n) is 5.36. The number of thioether (sulfide) groups is 1. The van der Waals surface area contributed by atoms with Crippen LogP contribution in [0, 0.1) is 6.92 Å². The van der Waals surface area contributed by atoms with Crippen LogP contribution < -0.4 is 5.32 Å². The van der Waals surface area contributed by atoms with Gasteiger partial charge >= 0.3 is 0 Å². The van der Waals surface area contributed by atoms with E-state index in [1.54, 1.807) is 6.20 Å². The lowest BCUT2D eigenvalue weighted by molar-refractivity contribution is -0.115. The van der Waals surface area contributed by atoms with Crippen molar-refractivity contribution in [2.24, 2.45) is 0 Å². The fourth-order valence-electron chi connectivity index (χ4n) is 1.24. The van der Waals surface area contributed by atoms with Crippen molar-refractivity contribution in [1.29, 1.82) is 0 Å². The highest BCUT2D eigenvalue weighted by molar-refractivity contribution is 8.02. The molecule has 0 spiro atoms. The Kier molecular flexibility index (Phi) is 4.67. The molecule has 0 fully saturated rings. The minimum Gasteiger partial charge on any atom is -0.301 e. The lowest BCUT2D eigenvalue weighted by Gasteiger charge is -2.11. The van der Waals surface area contributed by atoms with Crippen LogP contribution in [0.1, 0.15) is 18.4 Å². The number of carbonyl (C=O) groups is 1. The van der Waals surface area contributed by atoms with E-state index in [4.69, 9.17) is 0 Å². The van der Waals surface area contributed by atoms with Gasteiger partial charge in [-0.1, -0.05) is 30.0 Å². The number of aryl methyl sites for hydroxylation is 1. The molecule has 0 aliphatic carbocycles. The Hall–Kier alpha value is -0.990. The highest BCUT2D eigenvalue weighted by atomic mass is 32.2. The van der Waals surface area contributed by atoms with Gasteiger partial charge in [0.25, 0.3) is 0 Å². The van der Waals surface area contributed by atoms with Crippen molar-refractivity contribution in [2.45, 2.75) is 29.9 Å². The van der Waals surface area contributed by atoms with Crippen LogP contribution in [0.5, 0.6) is 0 Å². The van der Waals surface area contributed by atoms with Crippen molar-refractivity contribution in [1.82, 2.24) is 15.2 Å². The monoisotopic (exact) mass is 300 g/mol. The highest BCUT2D eigenvalue weighted by Crippen LogP contribution is 2.28. The lowest BCUT2D eigenvalue weighted by atomic mass is 10.3. The van der Waals surface area contributed by atoms with Crippen LogP contribution in [0.25, 0.3) is 0 Å². The molecule has 2 aromatic heterocycles. The van der Waals surface area contributed by atoms with Gasteiger partial charge in [0.1, 0.15) is 5.01 Å². The molecule has 0 radical (unpaired) electrons. The summed E-state index contributed by atoms with van der Waals surface area (Å²) in [5.41, 5.74) is 0. The average Bonchev–Trinajstić information content (AvgIpc) is 2.97. The summed E-state index contributed by atoms with van der Waals surface area (Å²) < 4.78 is 0.827. The first-order valence-corrected chi connectivity index (χ1v) is 7.93. The van der Waals surface area contributed by atoms with Gasteiger partial charge in [0, 0.05) is 11.6 Å². The minimum atomic E-state index is -0.166. The van der Waals surface area contributed by atoms with Crippen LogP contribution in [0.15, 0.2) is 15.9 Å². The number of carbonyl (C=O) groups excluding carboxylic acids is 1. The normalized spacial score (nSPS) is 12.3. The number of nitrogens with zero attached hydrogens (tertiary/aromatic N) is 3. The first-order chi connectivity index (χ1) is 8.69. The third-order valence-corrected chi connectivity index (χ3v) is 5.05. The summed E-state index contributed by atoms with van der Waals surface area (Å²) in [5, 5.41) is 14.0. The Morgan fingerprint density at radius 3 is 2.94 bits per heavy atom. The number of thiazole rings is 1. The zero-order chi connectivity index (χ0) is 13.0. The highest BCUT2D eigenvalue weighted by Gasteiger charge is 2.20. The molecule has 0 saturated heterocycles. The van der Waals surface area contributed by atoms with E-state index in [-0.39, 0.29) is 11.2 Å². The summed E-state index contributed by atoms with van der Waals surface area (Å²) in [5.74, 6) is -0.0368. The van der Waals surface area contributed by atoms with Crippen molar-refractivity contribution in [2.75, 3.05) is 5.32 Å².